The van der Waals surface area contributed by atoms with E-state index in [1.165, 1.54) is 15.5 Å². The van der Waals surface area contributed by atoms with Crippen molar-refractivity contribution in [2.24, 2.45) is 0 Å². The van der Waals surface area contributed by atoms with Crippen molar-refractivity contribution in [2.45, 2.75) is 44.4 Å². The molecule has 1 fully saturated rings. The second-order valence-electron chi connectivity index (χ2n) is 6.05. The molecule has 10 heteroatoms. The summed E-state index contributed by atoms with van der Waals surface area (Å²) in [7, 11) is 1.24. The van der Waals surface area contributed by atoms with Gasteiger partial charge in [0.1, 0.15) is 24.1 Å². The molecule has 0 radical (unpaired) electrons. The SMILES string of the molecule is CC(C)(O)O[C@H]1CC(c2ccc3c(N)ncnn23)OC1COSI. The molecule has 0 spiro atoms. The third kappa shape index (κ3) is 3.94. The predicted molar refractivity (Wildman–Crippen MR) is 98.4 cm³/mol. The minimum absolute atomic E-state index is 0.234. The first-order valence-electron chi connectivity index (χ1n) is 7.43. The second kappa shape index (κ2) is 7.30. The summed E-state index contributed by atoms with van der Waals surface area (Å²) in [5.41, 5.74) is 7.48. The van der Waals surface area contributed by atoms with Gasteiger partial charge in [-0.25, -0.2) is 9.50 Å². The molecule has 0 bridgehead atoms. The highest BCUT2D eigenvalue weighted by molar-refractivity contribution is 14.2. The molecule has 8 nitrogen and oxygen atoms in total. The molecule has 3 rings (SSSR count). The maximum Gasteiger partial charge on any atom is 0.160 e. The first-order valence-corrected chi connectivity index (χ1v) is 10.7. The Labute approximate surface area is 155 Å². The van der Waals surface area contributed by atoms with Gasteiger partial charge in [0, 0.05) is 27.6 Å². The number of hydrogen-bond acceptors (Lipinski definition) is 8. The molecule has 1 saturated heterocycles. The van der Waals surface area contributed by atoms with Gasteiger partial charge in [-0.15, -0.1) is 0 Å². The van der Waals surface area contributed by atoms with Crippen LogP contribution in [0.1, 0.15) is 32.1 Å². The minimum atomic E-state index is -1.24. The molecule has 3 N–H and O–H groups in total. The van der Waals surface area contributed by atoms with Crippen molar-refractivity contribution in [3.63, 3.8) is 0 Å². The van der Waals surface area contributed by atoms with E-state index >= 15 is 0 Å². The summed E-state index contributed by atoms with van der Waals surface area (Å²) < 4.78 is 19.0. The van der Waals surface area contributed by atoms with Crippen molar-refractivity contribution in [3.8, 4) is 0 Å². The molecule has 0 saturated carbocycles. The number of rotatable bonds is 6. The highest BCUT2D eigenvalue weighted by atomic mass is 127. The summed E-state index contributed by atoms with van der Waals surface area (Å²) in [6.07, 6.45) is 1.19. The number of ether oxygens (including phenoxy) is 2. The number of aliphatic hydroxyl groups is 1. The van der Waals surface area contributed by atoms with Gasteiger partial charge in [-0.05, 0) is 26.0 Å². The molecule has 0 aromatic carbocycles. The summed E-state index contributed by atoms with van der Waals surface area (Å²) in [4.78, 5) is 3.99. The van der Waals surface area contributed by atoms with E-state index in [-0.39, 0.29) is 18.3 Å². The van der Waals surface area contributed by atoms with Gasteiger partial charge in [0.15, 0.2) is 11.6 Å². The summed E-state index contributed by atoms with van der Waals surface area (Å²) in [5.74, 6) is -0.827. The lowest BCUT2D eigenvalue weighted by atomic mass is 10.1. The molecule has 2 unspecified atom stereocenters. The van der Waals surface area contributed by atoms with E-state index in [4.69, 9.17) is 19.4 Å². The molecule has 2 aromatic heterocycles. The van der Waals surface area contributed by atoms with Gasteiger partial charge < -0.3 is 24.5 Å². The minimum Gasteiger partial charge on any atom is -0.382 e. The monoisotopic (exact) mass is 466 g/mol. The topological polar surface area (TPSA) is 104 Å². The highest BCUT2D eigenvalue weighted by Gasteiger charge is 2.40. The Kier molecular flexibility index (Phi) is 5.52. The Morgan fingerprint density at radius 1 is 1.54 bits per heavy atom. The van der Waals surface area contributed by atoms with Crippen molar-refractivity contribution in [1.82, 2.24) is 14.6 Å². The number of nitrogens with zero attached hydrogens (tertiary/aromatic N) is 3. The lowest BCUT2D eigenvalue weighted by Crippen LogP contribution is -2.36. The van der Waals surface area contributed by atoms with Crippen molar-refractivity contribution >= 4 is 41.8 Å². The van der Waals surface area contributed by atoms with E-state index in [1.54, 1.807) is 18.4 Å². The predicted octanol–water partition coefficient (Wildman–Crippen LogP) is 2.27. The van der Waals surface area contributed by atoms with Gasteiger partial charge in [-0.3, -0.25) is 0 Å². The Morgan fingerprint density at radius 2 is 2.33 bits per heavy atom. The standard InChI is InChI=1S/C14H19IN4O4S/c1-14(2,20)23-11-5-10(22-12(11)6-21-24-15)8-3-4-9-13(16)17-7-18-19(8)9/h3-4,7,10-12,20H,5-6H2,1-2H3,(H2,16,17,18)/t10?,11-,12?/m0/s1. The molecule has 132 valence electrons. The number of aromatic nitrogens is 3. The van der Waals surface area contributed by atoms with Crippen LogP contribution in [0.25, 0.3) is 5.52 Å². The Bertz CT molecular complexity index is 708. The molecular weight excluding hydrogens is 447 g/mol. The van der Waals surface area contributed by atoms with Crippen LogP contribution in [0.2, 0.25) is 0 Å². The van der Waals surface area contributed by atoms with E-state index in [2.05, 4.69) is 31.3 Å². The van der Waals surface area contributed by atoms with Gasteiger partial charge >= 0.3 is 0 Å². The number of nitrogen functional groups attached to an aromatic ring is 1. The van der Waals surface area contributed by atoms with Crippen LogP contribution < -0.4 is 5.73 Å². The van der Waals surface area contributed by atoms with Gasteiger partial charge in [0.05, 0.1) is 27.6 Å². The van der Waals surface area contributed by atoms with E-state index < -0.39 is 5.79 Å². The number of nitrogens with two attached hydrogens (primary N) is 1. The van der Waals surface area contributed by atoms with E-state index in [1.807, 2.05) is 12.1 Å². The zero-order valence-electron chi connectivity index (χ0n) is 13.3. The van der Waals surface area contributed by atoms with Crippen LogP contribution >= 0.6 is 30.4 Å². The average Bonchev–Trinajstić information content (AvgIpc) is 3.08. The van der Waals surface area contributed by atoms with Crippen LogP contribution in [0.15, 0.2) is 18.5 Å². The fraction of sp³-hybridized carbons (Fsp3) is 0.571. The summed E-state index contributed by atoms with van der Waals surface area (Å²) in [6.45, 7) is 3.57. The molecule has 24 heavy (non-hydrogen) atoms. The third-order valence-electron chi connectivity index (χ3n) is 3.76. The number of anilines is 1. The summed E-state index contributed by atoms with van der Waals surface area (Å²) in [5, 5.41) is 14.2. The zero-order valence-corrected chi connectivity index (χ0v) is 16.2. The molecule has 3 atom stereocenters. The fourth-order valence-corrected chi connectivity index (χ4v) is 3.48. The van der Waals surface area contributed by atoms with Crippen molar-refractivity contribution in [3.05, 3.63) is 24.2 Å². The maximum atomic E-state index is 9.98. The van der Waals surface area contributed by atoms with Gasteiger partial charge in [0.25, 0.3) is 0 Å². The highest BCUT2D eigenvalue weighted by Crippen LogP contribution is 2.37. The van der Waals surface area contributed by atoms with Crippen LogP contribution in [0.4, 0.5) is 5.82 Å². The Balaban J connectivity index is 1.84. The smallest absolute Gasteiger partial charge is 0.160 e. The summed E-state index contributed by atoms with van der Waals surface area (Å²) in [6, 6.07) is 3.78. The number of hydrogen-bond donors (Lipinski definition) is 2. The molecule has 0 amide bonds. The Hall–Kier alpha value is -0.660. The van der Waals surface area contributed by atoms with Gasteiger partial charge in [0.2, 0.25) is 0 Å². The maximum absolute atomic E-state index is 9.98. The molecule has 2 aromatic rings. The molecule has 1 aliphatic heterocycles. The molecule has 3 heterocycles. The van der Waals surface area contributed by atoms with Gasteiger partial charge in [-0.1, -0.05) is 0 Å². The lowest BCUT2D eigenvalue weighted by molar-refractivity contribution is -0.215. The first kappa shape index (κ1) is 18.1. The van der Waals surface area contributed by atoms with Gasteiger partial charge in [-0.2, -0.15) is 5.10 Å². The van der Waals surface area contributed by atoms with Crippen LogP contribution in [0, 0.1) is 0 Å². The van der Waals surface area contributed by atoms with Crippen LogP contribution in [0.5, 0.6) is 0 Å². The summed E-state index contributed by atoms with van der Waals surface area (Å²) >= 11 is 2.05. The molecular formula is C14H19IN4O4S. The van der Waals surface area contributed by atoms with Crippen molar-refractivity contribution in [1.29, 1.82) is 0 Å². The van der Waals surface area contributed by atoms with Crippen molar-refractivity contribution in [2.75, 3.05) is 12.3 Å². The second-order valence-corrected chi connectivity index (χ2v) is 7.49. The zero-order chi connectivity index (χ0) is 17.3. The third-order valence-corrected chi connectivity index (χ3v) is 4.75. The largest absolute Gasteiger partial charge is 0.382 e. The van der Waals surface area contributed by atoms with E-state index in [0.717, 1.165) is 11.2 Å². The Morgan fingerprint density at radius 3 is 3.04 bits per heavy atom. The fourth-order valence-electron chi connectivity index (χ4n) is 2.86. The van der Waals surface area contributed by atoms with Crippen molar-refractivity contribution < 1.29 is 18.8 Å². The van der Waals surface area contributed by atoms with Crippen LogP contribution in [-0.2, 0) is 13.7 Å². The normalized spacial score (nSPS) is 24.8. The first-order chi connectivity index (χ1) is 11.4. The van der Waals surface area contributed by atoms with E-state index in [9.17, 15) is 5.11 Å². The quantitative estimate of drug-likeness (QED) is 0.380. The average molecular weight is 466 g/mol. The van der Waals surface area contributed by atoms with Crippen LogP contribution in [0.3, 0.4) is 0 Å². The van der Waals surface area contributed by atoms with E-state index in [0.29, 0.717) is 18.8 Å². The molecule has 1 aliphatic rings. The van der Waals surface area contributed by atoms with Crippen LogP contribution in [-0.4, -0.2) is 44.3 Å². The lowest BCUT2D eigenvalue weighted by Gasteiger charge is -2.26. The molecule has 0 aliphatic carbocycles. The number of halogens is 1. The number of fused-ring (bicyclic) bond motifs is 1.